The summed E-state index contributed by atoms with van der Waals surface area (Å²) in [4.78, 5) is 31.1. The second-order valence-electron chi connectivity index (χ2n) is 7.19. The molecule has 1 aliphatic rings. The smallest absolute Gasteiger partial charge is 0.416 e. The van der Waals surface area contributed by atoms with E-state index in [1.807, 2.05) is 4.90 Å². The van der Waals surface area contributed by atoms with E-state index in [1.165, 1.54) is 18.2 Å². The molecule has 1 saturated heterocycles. The molecule has 8 nitrogen and oxygen atoms in total. The van der Waals surface area contributed by atoms with Gasteiger partial charge in [-0.05, 0) is 25.5 Å². The van der Waals surface area contributed by atoms with Crippen LogP contribution < -0.4 is 15.5 Å². The summed E-state index contributed by atoms with van der Waals surface area (Å²) in [6.45, 7) is 5.11. The minimum atomic E-state index is -4.54. The van der Waals surface area contributed by atoms with E-state index in [4.69, 9.17) is 9.47 Å². The number of amides is 2. The van der Waals surface area contributed by atoms with Crippen LogP contribution in [0.4, 0.5) is 28.1 Å². The molecule has 1 aromatic heterocycles. The second kappa shape index (κ2) is 10.2. The van der Waals surface area contributed by atoms with Crippen molar-refractivity contribution in [2.45, 2.75) is 32.7 Å². The van der Waals surface area contributed by atoms with Crippen molar-refractivity contribution < 1.29 is 32.2 Å². The van der Waals surface area contributed by atoms with Gasteiger partial charge >= 0.3 is 12.3 Å². The van der Waals surface area contributed by atoms with Crippen LogP contribution in [0.25, 0.3) is 0 Å². The van der Waals surface area contributed by atoms with E-state index in [2.05, 4.69) is 15.6 Å². The maximum atomic E-state index is 13.2. The second-order valence-corrected chi connectivity index (χ2v) is 8.17. The Labute approximate surface area is 186 Å². The molecule has 0 saturated carbocycles. The molecule has 0 radical (unpaired) electrons. The van der Waals surface area contributed by atoms with Crippen LogP contribution in [0.2, 0.25) is 0 Å². The molecule has 12 heteroatoms. The van der Waals surface area contributed by atoms with Crippen molar-refractivity contribution in [3.8, 4) is 0 Å². The first-order valence-corrected chi connectivity index (χ1v) is 10.7. The van der Waals surface area contributed by atoms with Crippen molar-refractivity contribution >= 4 is 33.5 Å². The number of anilines is 2. The summed E-state index contributed by atoms with van der Waals surface area (Å²) in [5, 5.41) is 5.63. The van der Waals surface area contributed by atoms with Crippen molar-refractivity contribution in [1.82, 2.24) is 10.3 Å². The number of morpholine rings is 1. The van der Waals surface area contributed by atoms with E-state index in [0.717, 1.165) is 17.4 Å². The van der Waals surface area contributed by atoms with Crippen molar-refractivity contribution in [3.63, 3.8) is 0 Å². The molecule has 2 N–H and O–H groups in total. The third-order valence-electron chi connectivity index (χ3n) is 4.43. The molecular formula is C20H23F3N4O4S. The summed E-state index contributed by atoms with van der Waals surface area (Å²) < 4.78 is 50.0. The maximum Gasteiger partial charge on any atom is 0.416 e. The monoisotopic (exact) mass is 472 g/mol. The molecule has 174 valence electrons. The number of hydrogen-bond acceptors (Lipinski definition) is 7. The number of carbonyl (C=O) groups excluding carboxylic acids is 2. The molecular weight excluding hydrogens is 449 g/mol. The highest BCUT2D eigenvalue weighted by atomic mass is 32.1. The number of hydrogen-bond donors (Lipinski definition) is 2. The fourth-order valence-corrected chi connectivity index (χ4v) is 3.98. The lowest BCUT2D eigenvalue weighted by atomic mass is 10.1. The summed E-state index contributed by atoms with van der Waals surface area (Å²) in [6.07, 6.45) is -5.68. The van der Waals surface area contributed by atoms with Gasteiger partial charge in [0, 0.05) is 19.6 Å². The third-order valence-corrected chi connectivity index (χ3v) is 5.46. The topological polar surface area (TPSA) is 92.8 Å². The van der Waals surface area contributed by atoms with Crippen LogP contribution in [-0.2, 0) is 22.2 Å². The van der Waals surface area contributed by atoms with Crippen LogP contribution >= 0.6 is 11.3 Å². The van der Waals surface area contributed by atoms with Crippen molar-refractivity contribution in [3.05, 3.63) is 41.1 Å². The summed E-state index contributed by atoms with van der Waals surface area (Å²) in [5.41, 5.74) is -1.00. The lowest BCUT2D eigenvalue weighted by Gasteiger charge is -2.25. The zero-order valence-corrected chi connectivity index (χ0v) is 18.3. The molecule has 2 heterocycles. The highest BCUT2D eigenvalue weighted by Crippen LogP contribution is 2.33. The van der Waals surface area contributed by atoms with Crippen LogP contribution in [0.5, 0.6) is 0 Å². The highest BCUT2D eigenvalue weighted by Gasteiger charge is 2.33. The first-order chi connectivity index (χ1) is 15.1. The Kier molecular flexibility index (Phi) is 7.56. The summed E-state index contributed by atoms with van der Waals surface area (Å²) in [7, 11) is 0. The lowest BCUT2D eigenvalue weighted by molar-refractivity contribution is -0.138. The molecule has 1 aliphatic heterocycles. The first kappa shape index (κ1) is 23.8. The molecule has 2 aromatic rings. The minimum absolute atomic E-state index is 0.0780. The fourth-order valence-electron chi connectivity index (χ4n) is 2.98. The van der Waals surface area contributed by atoms with Crippen LogP contribution in [0.3, 0.4) is 0 Å². The Morgan fingerprint density at radius 3 is 2.59 bits per heavy atom. The quantitative estimate of drug-likeness (QED) is 0.663. The van der Waals surface area contributed by atoms with Crippen molar-refractivity contribution in [1.29, 1.82) is 0 Å². The Morgan fingerprint density at radius 2 is 1.94 bits per heavy atom. The molecule has 1 fully saturated rings. The van der Waals surface area contributed by atoms with Crippen LogP contribution in [0.15, 0.2) is 24.3 Å². The number of halogens is 3. The van der Waals surface area contributed by atoms with E-state index >= 15 is 0 Å². The number of nitrogens with one attached hydrogen (secondary N) is 2. The van der Waals surface area contributed by atoms with Gasteiger partial charge in [-0.25, -0.2) is 9.78 Å². The average Bonchev–Trinajstić information content (AvgIpc) is 3.15. The molecule has 2 amide bonds. The molecule has 0 unspecified atom stereocenters. The lowest BCUT2D eigenvalue weighted by Crippen LogP contribution is -2.36. The van der Waals surface area contributed by atoms with Gasteiger partial charge in [-0.2, -0.15) is 13.2 Å². The fraction of sp³-hybridized carbons (Fsp3) is 0.450. The highest BCUT2D eigenvalue weighted by molar-refractivity contribution is 7.20. The van der Waals surface area contributed by atoms with Gasteiger partial charge in [0.05, 0.1) is 24.9 Å². The molecule has 1 aromatic carbocycles. The van der Waals surface area contributed by atoms with Crippen molar-refractivity contribution in [2.75, 3.05) is 36.5 Å². The van der Waals surface area contributed by atoms with E-state index < -0.39 is 23.7 Å². The number of thiazole rings is 1. The predicted octanol–water partition coefficient (Wildman–Crippen LogP) is 3.89. The maximum absolute atomic E-state index is 13.2. The molecule has 0 bridgehead atoms. The average molecular weight is 472 g/mol. The van der Waals surface area contributed by atoms with E-state index in [0.29, 0.717) is 31.4 Å². The zero-order valence-electron chi connectivity index (χ0n) is 17.5. The SMILES string of the molecule is CC(C)OC(=O)Nc1sc(N2CCOCC2)nc1C(=O)NCc1ccccc1C(F)(F)F. The number of ether oxygens (including phenoxy) is 2. The van der Waals surface area contributed by atoms with Crippen molar-refractivity contribution in [2.24, 2.45) is 0 Å². The summed E-state index contributed by atoms with van der Waals surface area (Å²) in [5.74, 6) is -0.711. The Bertz CT molecular complexity index is 959. The van der Waals surface area contributed by atoms with Gasteiger partial charge in [0.25, 0.3) is 5.91 Å². The van der Waals surface area contributed by atoms with Gasteiger partial charge in [-0.1, -0.05) is 29.5 Å². The first-order valence-electron chi connectivity index (χ1n) is 9.89. The molecule has 32 heavy (non-hydrogen) atoms. The predicted molar refractivity (Wildman–Crippen MR) is 113 cm³/mol. The van der Waals surface area contributed by atoms with E-state index in [1.54, 1.807) is 13.8 Å². The zero-order chi connectivity index (χ0) is 23.3. The van der Waals surface area contributed by atoms with Gasteiger partial charge in [-0.3, -0.25) is 10.1 Å². The van der Waals surface area contributed by atoms with Gasteiger partial charge in [0.2, 0.25) is 0 Å². The third kappa shape index (κ3) is 6.10. The molecule has 0 spiro atoms. The minimum Gasteiger partial charge on any atom is -0.447 e. The Morgan fingerprint density at radius 1 is 1.25 bits per heavy atom. The summed E-state index contributed by atoms with van der Waals surface area (Å²) in [6, 6.07) is 4.99. The number of alkyl halides is 3. The molecule has 3 rings (SSSR count). The number of aromatic nitrogens is 1. The number of benzene rings is 1. The van der Waals surface area contributed by atoms with E-state index in [-0.39, 0.29) is 28.9 Å². The largest absolute Gasteiger partial charge is 0.447 e. The Hall–Kier alpha value is -2.86. The van der Waals surface area contributed by atoms with E-state index in [9.17, 15) is 22.8 Å². The normalized spacial score (nSPS) is 14.4. The van der Waals surface area contributed by atoms with Gasteiger partial charge in [-0.15, -0.1) is 0 Å². The number of carbonyl (C=O) groups is 2. The van der Waals surface area contributed by atoms with Gasteiger partial charge in [0.15, 0.2) is 10.8 Å². The number of nitrogens with zero attached hydrogens (tertiary/aromatic N) is 2. The van der Waals surface area contributed by atoms with Crippen LogP contribution in [0, 0.1) is 0 Å². The standard InChI is InChI=1S/C20H23F3N4O4S/c1-12(2)31-19(29)26-17-15(25-18(32-17)27-7-9-30-10-8-27)16(28)24-11-13-5-3-4-6-14(13)20(21,22)23/h3-6,12H,7-11H2,1-2H3,(H,24,28)(H,26,29). The molecule has 0 atom stereocenters. The molecule has 0 aliphatic carbocycles. The van der Waals surface area contributed by atoms with Gasteiger partial charge < -0.3 is 19.7 Å². The summed E-state index contributed by atoms with van der Waals surface area (Å²) >= 11 is 1.09. The number of rotatable bonds is 6. The Balaban J connectivity index is 1.80. The van der Waals surface area contributed by atoms with Gasteiger partial charge in [0.1, 0.15) is 5.00 Å². The van der Waals surface area contributed by atoms with Crippen LogP contribution in [-0.4, -0.2) is 49.4 Å². The van der Waals surface area contributed by atoms with Crippen LogP contribution in [0.1, 0.15) is 35.5 Å².